The standard InChI is InChI=1S/C21H30N8O/c1-14(2)29-15(3)25-16-12-24-19(11-17(16)29)26-18-5-8-23-20(27-18)28-9-6-21(13-22,30-4)7-10-28/h5,8,11-12,14H,6-7,9-10,13,22H2,1-4H3,(H,23,24,26,27). The van der Waals surface area contributed by atoms with Crippen molar-refractivity contribution in [3.05, 3.63) is 30.4 Å². The number of fused-ring (bicyclic) bond motifs is 1. The van der Waals surface area contributed by atoms with Crippen LogP contribution in [0.1, 0.15) is 38.6 Å². The van der Waals surface area contributed by atoms with Gasteiger partial charge in [-0.25, -0.2) is 15.0 Å². The molecular formula is C21H30N8O. The number of anilines is 3. The predicted molar refractivity (Wildman–Crippen MR) is 118 cm³/mol. The Morgan fingerprint density at radius 2 is 1.97 bits per heavy atom. The van der Waals surface area contributed by atoms with Crippen LogP contribution in [0.15, 0.2) is 24.5 Å². The van der Waals surface area contributed by atoms with Crippen LogP contribution in [0.5, 0.6) is 0 Å². The number of imidazole rings is 1. The average Bonchev–Trinajstić information content (AvgIpc) is 3.09. The number of aryl methyl sites for hydroxylation is 1. The lowest BCUT2D eigenvalue weighted by Crippen LogP contribution is -2.50. The molecule has 0 aromatic carbocycles. The third-order valence-corrected chi connectivity index (χ3v) is 5.93. The lowest BCUT2D eigenvalue weighted by atomic mass is 9.91. The molecule has 3 aromatic rings. The highest BCUT2D eigenvalue weighted by Gasteiger charge is 2.34. The van der Waals surface area contributed by atoms with Crippen molar-refractivity contribution in [2.45, 2.75) is 45.3 Å². The molecule has 0 unspecified atom stereocenters. The maximum atomic E-state index is 5.92. The van der Waals surface area contributed by atoms with Crippen LogP contribution < -0.4 is 16.0 Å². The Hall–Kier alpha value is -2.78. The van der Waals surface area contributed by atoms with E-state index in [-0.39, 0.29) is 5.60 Å². The fourth-order valence-electron chi connectivity index (χ4n) is 4.15. The van der Waals surface area contributed by atoms with E-state index in [0.29, 0.717) is 24.4 Å². The number of ether oxygens (including phenoxy) is 1. The zero-order chi connectivity index (χ0) is 21.3. The second-order valence-electron chi connectivity index (χ2n) is 8.13. The minimum Gasteiger partial charge on any atom is -0.377 e. The van der Waals surface area contributed by atoms with Crippen molar-refractivity contribution in [1.82, 2.24) is 24.5 Å². The van der Waals surface area contributed by atoms with Gasteiger partial charge in [0, 0.05) is 45.0 Å². The smallest absolute Gasteiger partial charge is 0.227 e. The largest absolute Gasteiger partial charge is 0.377 e. The van der Waals surface area contributed by atoms with Gasteiger partial charge in [0.15, 0.2) is 0 Å². The second-order valence-corrected chi connectivity index (χ2v) is 8.13. The summed E-state index contributed by atoms with van der Waals surface area (Å²) in [5, 5.41) is 3.31. The summed E-state index contributed by atoms with van der Waals surface area (Å²) < 4.78 is 7.87. The van der Waals surface area contributed by atoms with E-state index < -0.39 is 0 Å². The van der Waals surface area contributed by atoms with E-state index in [1.54, 1.807) is 19.5 Å². The first-order valence-electron chi connectivity index (χ1n) is 10.4. The molecule has 0 atom stereocenters. The molecule has 0 spiro atoms. The van der Waals surface area contributed by atoms with Crippen molar-refractivity contribution < 1.29 is 4.74 Å². The first-order valence-corrected chi connectivity index (χ1v) is 10.4. The molecule has 0 amide bonds. The molecule has 9 nitrogen and oxygen atoms in total. The number of nitrogens with zero attached hydrogens (tertiary/aromatic N) is 6. The molecule has 1 aliphatic rings. The minimum atomic E-state index is -0.233. The van der Waals surface area contributed by atoms with Crippen molar-refractivity contribution in [2.24, 2.45) is 5.73 Å². The first kappa shape index (κ1) is 20.5. The van der Waals surface area contributed by atoms with E-state index in [2.05, 4.69) is 43.6 Å². The van der Waals surface area contributed by atoms with Crippen molar-refractivity contribution in [3.63, 3.8) is 0 Å². The highest BCUT2D eigenvalue weighted by Crippen LogP contribution is 2.28. The molecule has 4 rings (SSSR count). The molecule has 1 fully saturated rings. The molecule has 9 heteroatoms. The number of nitrogens with one attached hydrogen (secondary N) is 1. The topological polar surface area (TPSA) is 107 Å². The normalized spacial score (nSPS) is 16.4. The SMILES string of the molecule is COC1(CN)CCN(c2nccc(Nc3cc4c(cn3)nc(C)n4C(C)C)n2)CC1. The van der Waals surface area contributed by atoms with Crippen LogP contribution in [0.3, 0.4) is 0 Å². The van der Waals surface area contributed by atoms with Crippen LogP contribution in [-0.4, -0.2) is 56.8 Å². The zero-order valence-corrected chi connectivity index (χ0v) is 18.1. The van der Waals surface area contributed by atoms with Gasteiger partial charge < -0.3 is 25.3 Å². The average molecular weight is 411 g/mol. The number of aromatic nitrogens is 5. The fraction of sp³-hybridized carbons (Fsp3) is 0.524. The molecule has 0 bridgehead atoms. The highest BCUT2D eigenvalue weighted by molar-refractivity contribution is 5.79. The summed E-state index contributed by atoms with van der Waals surface area (Å²) in [4.78, 5) is 20.5. The van der Waals surface area contributed by atoms with Gasteiger partial charge in [-0.3, -0.25) is 0 Å². The lowest BCUT2D eigenvalue weighted by molar-refractivity contribution is -0.0217. The second kappa shape index (κ2) is 8.16. The Kier molecular flexibility index (Phi) is 5.57. The van der Waals surface area contributed by atoms with E-state index in [0.717, 1.165) is 48.6 Å². The monoisotopic (exact) mass is 410 g/mol. The highest BCUT2D eigenvalue weighted by atomic mass is 16.5. The Morgan fingerprint density at radius 3 is 2.63 bits per heavy atom. The number of methoxy groups -OCH3 is 1. The molecule has 3 aromatic heterocycles. The Labute approximate surface area is 176 Å². The number of hydrogen-bond acceptors (Lipinski definition) is 8. The number of nitrogens with two attached hydrogens (primary N) is 1. The zero-order valence-electron chi connectivity index (χ0n) is 18.1. The third-order valence-electron chi connectivity index (χ3n) is 5.93. The third kappa shape index (κ3) is 3.82. The van der Waals surface area contributed by atoms with Gasteiger partial charge in [0.2, 0.25) is 5.95 Å². The molecule has 1 aliphatic heterocycles. The van der Waals surface area contributed by atoms with Gasteiger partial charge in [-0.2, -0.15) is 4.98 Å². The summed E-state index contributed by atoms with van der Waals surface area (Å²) in [6, 6.07) is 4.19. The van der Waals surface area contributed by atoms with Crippen molar-refractivity contribution in [2.75, 3.05) is 37.0 Å². The molecule has 1 saturated heterocycles. The van der Waals surface area contributed by atoms with Crippen LogP contribution in [0.4, 0.5) is 17.6 Å². The maximum Gasteiger partial charge on any atom is 0.227 e. The van der Waals surface area contributed by atoms with Gasteiger partial charge in [-0.1, -0.05) is 0 Å². The quantitative estimate of drug-likeness (QED) is 0.639. The summed E-state index contributed by atoms with van der Waals surface area (Å²) in [5.74, 6) is 3.12. The summed E-state index contributed by atoms with van der Waals surface area (Å²) in [6.07, 6.45) is 5.29. The molecule has 0 aliphatic carbocycles. The number of hydrogen-bond donors (Lipinski definition) is 2. The van der Waals surface area contributed by atoms with Crippen LogP contribution in [0.25, 0.3) is 11.0 Å². The van der Waals surface area contributed by atoms with Crippen molar-refractivity contribution >= 4 is 28.6 Å². The molecular weight excluding hydrogens is 380 g/mol. The maximum absolute atomic E-state index is 5.92. The summed E-state index contributed by atoms with van der Waals surface area (Å²) in [6.45, 7) is 8.47. The van der Waals surface area contributed by atoms with E-state index in [4.69, 9.17) is 15.5 Å². The van der Waals surface area contributed by atoms with E-state index in [1.807, 2.05) is 19.1 Å². The summed E-state index contributed by atoms with van der Waals surface area (Å²) in [5.41, 5.74) is 7.63. The number of rotatable bonds is 6. The van der Waals surface area contributed by atoms with Crippen LogP contribution in [0.2, 0.25) is 0 Å². The predicted octanol–water partition coefficient (Wildman–Crippen LogP) is 2.80. The Balaban J connectivity index is 1.53. The van der Waals surface area contributed by atoms with E-state index in [9.17, 15) is 0 Å². The van der Waals surface area contributed by atoms with Gasteiger partial charge in [0.1, 0.15) is 23.0 Å². The fourth-order valence-corrected chi connectivity index (χ4v) is 4.15. The first-order chi connectivity index (χ1) is 14.4. The molecule has 160 valence electrons. The van der Waals surface area contributed by atoms with E-state index >= 15 is 0 Å². The van der Waals surface area contributed by atoms with Gasteiger partial charge >= 0.3 is 0 Å². The summed E-state index contributed by atoms with van der Waals surface area (Å²) in [7, 11) is 1.74. The molecule has 0 saturated carbocycles. The number of pyridine rings is 1. The van der Waals surface area contributed by atoms with Crippen LogP contribution >= 0.6 is 0 Å². The van der Waals surface area contributed by atoms with Gasteiger partial charge in [-0.15, -0.1) is 0 Å². The molecule has 0 radical (unpaired) electrons. The molecule has 30 heavy (non-hydrogen) atoms. The van der Waals surface area contributed by atoms with Gasteiger partial charge in [0.25, 0.3) is 0 Å². The Bertz CT molecular complexity index is 1020. The van der Waals surface area contributed by atoms with Crippen LogP contribution in [0, 0.1) is 6.92 Å². The van der Waals surface area contributed by atoms with E-state index in [1.165, 1.54) is 0 Å². The van der Waals surface area contributed by atoms with Crippen molar-refractivity contribution in [1.29, 1.82) is 0 Å². The van der Waals surface area contributed by atoms with Gasteiger partial charge in [0.05, 0.1) is 17.3 Å². The summed E-state index contributed by atoms with van der Waals surface area (Å²) >= 11 is 0. The minimum absolute atomic E-state index is 0.233. The number of piperidine rings is 1. The van der Waals surface area contributed by atoms with Crippen molar-refractivity contribution in [3.8, 4) is 0 Å². The Morgan fingerprint density at radius 1 is 1.20 bits per heavy atom. The molecule has 4 heterocycles. The lowest BCUT2D eigenvalue weighted by Gasteiger charge is -2.40. The van der Waals surface area contributed by atoms with Gasteiger partial charge in [-0.05, 0) is 39.7 Å². The van der Waals surface area contributed by atoms with Crippen LogP contribution in [-0.2, 0) is 4.74 Å². The molecule has 3 N–H and O–H groups in total.